The van der Waals surface area contributed by atoms with Crippen molar-refractivity contribution < 1.29 is 27.5 Å². The van der Waals surface area contributed by atoms with E-state index >= 15 is 0 Å². The van der Waals surface area contributed by atoms with Crippen LogP contribution in [0.1, 0.15) is 30.1 Å². The van der Waals surface area contributed by atoms with Gasteiger partial charge in [-0.3, -0.25) is 9.10 Å². The van der Waals surface area contributed by atoms with Crippen LogP contribution < -0.4 is 14.4 Å². The molecule has 0 spiro atoms. The number of ether oxygens (including phenoxy) is 2. The summed E-state index contributed by atoms with van der Waals surface area (Å²) in [6.07, 6.45) is 1.52. The third kappa shape index (κ3) is 7.15. The fourth-order valence-corrected chi connectivity index (χ4v) is 4.03. The van der Waals surface area contributed by atoms with Gasteiger partial charge >= 0.3 is 5.97 Å². The Balaban J connectivity index is 1.96. The Kier molecular flexibility index (Phi) is 8.70. The molecule has 2 aromatic rings. The normalized spacial score (nSPS) is 11.0. The molecule has 0 heterocycles. The maximum Gasteiger partial charge on any atom is 0.339 e. The van der Waals surface area contributed by atoms with E-state index in [0.29, 0.717) is 23.5 Å². The standard InChI is InChI=1S/C21H25ClN2O6S/c1-4-30-21(26)18-12-7-15(14-19(18)22)23-20(25)6-5-13-24(31(3,27)28)16-8-10-17(29-2)11-9-16/h7-12,14H,4-6,13H2,1-3H3,(H,23,25). The van der Waals surface area contributed by atoms with Gasteiger partial charge in [0.15, 0.2) is 0 Å². The van der Waals surface area contributed by atoms with Gasteiger partial charge in [0.1, 0.15) is 5.75 Å². The van der Waals surface area contributed by atoms with Crippen LogP contribution in [0.25, 0.3) is 0 Å². The zero-order chi connectivity index (χ0) is 23.0. The second-order valence-corrected chi connectivity index (χ2v) is 8.91. The summed E-state index contributed by atoms with van der Waals surface area (Å²) in [7, 11) is -1.99. The van der Waals surface area contributed by atoms with Crippen molar-refractivity contribution in [1.29, 1.82) is 0 Å². The van der Waals surface area contributed by atoms with E-state index in [2.05, 4.69) is 5.32 Å². The topological polar surface area (TPSA) is 102 Å². The Bertz CT molecular complexity index is 1020. The van der Waals surface area contributed by atoms with Crippen LogP contribution >= 0.6 is 11.6 Å². The highest BCUT2D eigenvalue weighted by atomic mass is 35.5. The first-order valence-electron chi connectivity index (χ1n) is 9.54. The summed E-state index contributed by atoms with van der Waals surface area (Å²) < 4.78 is 35.6. The molecule has 0 radical (unpaired) electrons. The van der Waals surface area contributed by atoms with Gasteiger partial charge in [-0.1, -0.05) is 11.6 Å². The number of carbonyl (C=O) groups excluding carboxylic acids is 2. The average molecular weight is 469 g/mol. The second-order valence-electron chi connectivity index (χ2n) is 6.60. The van der Waals surface area contributed by atoms with Crippen LogP contribution in [0.4, 0.5) is 11.4 Å². The Morgan fingerprint density at radius 1 is 1.13 bits per heavy atom. The number of methoxy groups -OCH3 is 1. The molecule has 0 atom stereocenters. The minimum Gasteiger partial charge on any atom is -0.497 e. The van der Waals surface area contributed by atoms with Crippen LogP contribution in [-0.2, 0) is 19.6 Å². The molecule has 2 aromatic carbocycles. The van der Waals surface area contributed by atoms with Crippen molar-refractivity contribution in [1.82, 2.24) is 0 Å². The number of sulfonamides is 1. The van der Waals surface area contributed by atoms with Gasteiger partial charge in [0.2, 0.25) is 15.9 Å². The lowest BCUT2D eigenvalue weighted by Gasteiger charge is -2.22. The van der Waals surface area contributed by atoms with Crippen molar-refractivity contribution in [3.8, 4) is 5.75 Å². The summed E-state index contributed by atoms with van der Waals surface area (Å²) in [6.45, 7) is 2.07. The smallest absolute Gasteiger partial charge is 0.339 e. The van der Waals surface area contributed by atoms with E-state index in [-0.39, 0.29) is 36.1 Å². The Morgan fingerprint density at radius 3 is 2.35 bits per heavy atom. The molecule has 0 saturated heterocycles. The summed E-state index contributed by atoms with van der Waals surface area (Å²) in [6, 6.07) is 11.1. The van der Waals surface area contributed by atoms with Crippen molar-refractivity contribution in [2.45, 2.75) is 19.8 Å². The number of rotatable bonds is 10. The number of carbonyl (C=O) groups is 2. The Morgan fingerprint density at radius 2 is 1.81 bits per heavy atom. The van der Waals surface area contributed by atoms with Crippen molar-refractivity contribution in [2.75, 3.05) is 36.1 Å². The summed E-state index contributed by atoms with van der Waals surface area (Å²) >= 11 is 6.09. The van der Waals surface area contributed by atoms with Crippen LogP contribution in [0.2, 0.25) is 5.02 Å². The number of anilines is 2. The highest BCUT2D eigenvalue weighted by Gasteiger charge is 2.18. The fraction of sp³-hybridized carbons (Fsp3) is 0.333. The average Bonchev–Trinajstić information content (AvgIpc) is 2.70. The predicted molar refractivity (Wildman–Crippen MR) is 120 cm³/mol. The van der Waals surface area contributed by atoms with Gasteiger partial charge in [-0.2, -0.15) is 0 Å². The third-order valence-electron chi connectivity index (χ3n) is 4.27. The van der Waals surface area contributed by atoms with E-state index in [4.69, 9.17) is 21.1 Å². The minimum atomic E-state index is -3.52. The van der Waals surface area contributed by atoms with Crippen LogP contribution in [0.15, 0.2) is 42.5 Å². The Labute approximate surface area is 187 Å². The third-order valence-corrected chi connectivity index (χ3v) is 5.78. The quantitative estimate of drug-likeness (QED) is 0.533. The maximum atomic E-state index is 12.3. The summed E-state index contributed by atoms with van der Waals surface area (Å²) in [5.41, 5.74) is 1.13. The lowest BCUT2D eigenvalue weighted by Crippen LogP contribution is -2.31. The van der Waals surface area contributed by atoms with Gasteiger partial charge in [0, 0.05) is 18.7 Å². The number of amides is 1. The molecule has 0 bridgehead atoms. The molecule has 8 nitrogen and oxygen atoms in total. The molecule has 0 aromatic heterocycles. The lowest BCUT2D eigenvalue weighted by molar-refractivity contribution is -0.116. The molecule has 0 saturated carbocycles. The van der Waals surface area contributed by atoms with Gasteiger partial charge in [-0.25, -0.2) is 13.2 Å². The largest absolute Gasteiger partial charge is 0.497 e. The van der Waals surface area contributed by atoms with Crippen LogP contribution in [-0.4, -0.2) is 46.8 Å². The first kappa shape index (κ1) is 24.5. The van der Waals surface area contributed by atoms with E-state index in [1.165, 1.54) is 23.5 Å². The van der Waals surface area contributed by atoms with Crippen molar-refractivity contribution >= 4 is 44.9 Å². The van der Waals surface area contributed by atoms with Gasteiger partial charge in [-0.05, 0) is 55.8 Å². The molecule has 0 unspecified atom stereocenters. The molecule has 0 aliphatic heterocycles. The molecular formula is C21H25ClN2O6S. The summed E-state index contributed by atoms with van der Waals surface area (Å²) in [5.74, 6) is -0.225. The highest BCUT2D eigenvalue weighted by molar-refractivity contribution is 7.92. The van der Waals surface area contributed by atoms with E-state index < -0.39 is 16.0 Å². The lowest BCUT2D eigenvalue weighted by atomic mass is 10.2. The number of esters is 1. The van der Waals surface area contributed by atoms with E-state index in [9.17, 15) is 18.0 Å². The van der Waals surface area contributed by atoms with E-state index in [1.807, 2.05) is 0 Å². The van der Waals surface area contributed by atoms with E-state index in [1.54, 1.807) is 37.3 Å². The van der Waals surface area contributed by atoms with Gasteiger partial charge in [0.05, 0.1) is 36.2 Å². The zero-order valence-electron chi connectivity index (χ0n) is 17.6. The van der Waals surface area contributed by atoms with Crippen molar-refractivity contribution in [3.05, 3.63) is 53.1 Å². The molecule has 1 amide bonds. The molecule has 0 aliphatic carbocycles. The number of halogens is 1. The second kappa shape index (κ2) is 11.0. The van der Waals surface area contributed by atoms with Crippen LogP contribution in [0, 0.1) is 0 Å². The van der Waals surface area contributed by atoms with Gasteiger partial charge in [0.25, 0.3) is 0 Å². The first-order chi connectivity index (χ1) is 14.7. The first-order valence-corrected chi connectivity index (χ1v) is 11.8. The summed E-state index contributed by atoms with van der Waals surface area (Å²) in [5, 5.41) is 2.85. The molecule has 168 valence electrons. The fourth-order valence-electron chi connectivity index (χ4n) is 2.81. The number of nitrogens with zero attached hydrogens (tertiary/aromatic N) is 1. The maximum absolute atomic E-state index is 12.3. The van der Waals surface area contributed by atoms with Crippen LogP contribution in [0.5, 0.6) is 5.75 Å². The van der Waals surface area contributed by atoms with E-state index in [0.717, 1.165) is 6.26 Å². The van der Waals surface area contributed by atoms with Crippen molar-refractivity contribution in [2.24, 2.45) is 0 Å². The van der Waals surface area contributed by atoms with Crippen LogP contribution in [0.3, 0.4) is 0 Å². The highest BCUT2D eigenvalue weighted by Crippen LogP contribution is 2.23. The van der Waals surface area contributed by atoms with Gasteiger partial charge < -0.3 is 14.8 Å². The number of benzene rings is 2. The Hall–Kier alpha value is -2.78. The zero-order valence-corrected chi connectivity index (χ0v) is 19.1. The molecule has 2 rings (SSSR count). The van der Waals surface area contributed by atoms with Crippen molar-refractivity contribution in [3.63, 3.8) is 0 Å². The molecule has 31 heavy (non-hydrogen) atoms. The minimum absolute atomic E-state index is 0.0966. The monoisotopic (exact) mass is 468 g/mol. The molecular weight excluding hydrogens is 444 g/mol. The molecule has 1 N–H and O–H groups in total. The number of hydrogen-bond donors (Lipinski definition) is 1. The number of nitrogens with one attached hydrogen (secondary N) is 1. The van der Waals surface area contributed by atoms with Gasteiger partial charge in [-0.15, -0.1) is 0 Å². The SMILES string of the molecule is CCOC(=O)c1ccc(NC(=O)CCCN(c2ccc(OC)cc2)S(C)(=O)=O)cc1Cl. The predicted octanol–water partition coefficient (Wildman–Crippen LogP) is 3.71. The summed E-state index contributed by atoms with van der Waals surface area (Å²) in [4.78, 5) is 24.0. The number of hydrogen-bond acceptors (Lipinski definition) is 6. The molecule has 0 aliphatic rings. The molecule has 10 heteroatoms. The molecule has 0 fully saturated rings.